The summed E-state index contributed by atoms with van der Waals surface area (Å²) in [7, 11) is 1.47. The molecule has 1 saturated carbocycles. The molecule has 0 amide bonds. The minimum atomic E-state index is -4.35. The first-order valence-electron chi connectivity index (χ1n) is 9.20. The van der Waals surface area contributed by atoms with Crippen molar-refractivity contribution in [1.29, 1.82) is 0 Å². The van der Waals surface area contributed by atoms with Gasteiger partial charge in [0.15, 0.2) is 0 Å². The SMILES string of the molecule is COc1cc(C(F)(F)F)ccc1[C@@H](C1CCCCC1)N1CCNCC1. The maximum absolute atomic E-state index is 13.1. The Morgan fingerprint density at radius 1 is 1.12 bits per heavy atom. The third-order valence-electron chi connectivity index (χ3n) is 5.52. The van der Waals surface area contributed by atoms with E-state index >= 15 is 0 Å². The molecule has 25 heavy (non-hydrogen) atoms. The summed E-state index contributed by atoms with van der Waals surface area (Å²) >= 11 is 0. The van der Waals surface area contributed by atoms with Crippen molar-refractivity contribution in [3.63, 3.8) is 0 Å². The van der Waals surface area contributed by atoms with Gasteiger partial charge in [-0.15, -0.1) is 0 Å². The predicted octanol–water partition coefficient (Wildman–Crippen LogP) is 4.24. The van der Waals surface area contributed by atoms with Crippen molar-refractivity contribution in [3.05, 3.63) is 29.3 Å². The Morgan fingerprint density at radius 2 is 1.80 bits per heavy atom. The summed E-state index contributed by atoms with van der Waals surface area (Å²) in [6, 6.07) is 4.14. The average Bonchev–Trinajstić information content (AvgIpc) is 2.63. The third-order valence-corrected chi connectivity index (χ3v) is 5.52. The number of ether oxygens (including phenoxy) is 1. The first-order chi connectivity index (χ1) is 12.0. The highest BCUT2D eigenvalue weighted by Gasteiger charge is 2.35. The summed E-state index contributed by atoms with van der Waals surface area (Å²) in [5.41, 5.74) is 0.264. The van der Waals surface area contributed by atoms with E-state index in [-0.39, 0.29) is 6.04 Å². The summed E-state index contributed by atoms with van der Waals surface area (Å²) < 4.78 is 44.6. The van der Waals surface area contributed by atoms with Gasteiger partial charge in [0.1, 0.15) is 5.75 Å². The van der Waals surface area contributed by atoms with Gasteiger partial charge in [-0.3, -0.25) is 4.90 Å². The molecule has 1 aliphatic heterocycles. The van der Waals surface area contributed by atoms with E-state index in [4.69, 9.17) is 4.74 Å². The second-order valence-electron chi connectivity index (χ2n) is 7.08. The molecular weight excluding hydrogens is 329 g/mol. The molecule has 0 spiro atoms. The van der Waals surface area contributed by atoms with Gasteiger partial charge in [0, 0.05) is 37.8 Å². The Bertz CT molecular complexity index is 546. The molecule has 3 rings (SSSR count). The van der Waals surface area contributed by atoms with E-state index in [1.807, 2.05) is 0 Å². The van der Waals surface area contributed by atoms with E-state index in [1.54, 1.807) is 6.07 Å². The second kappa shape index (κ2) is 7.96. The van der Waals surface area contributed by atoms with E-state index < -0.39 is 11.7 Å². The Hall–Kier alpha value is -1.27. The van der Waals surface area contributed by atoms with Crippen LogP contribution in [0.15, 0.2) is 18.2 Å². The summed E-state index contributed by atoms with van der Waals surface area (Å²) in [4.78, 5) is 2.43. The largest absolute Gasteiger partial charge is 0.496 e. The zero-order valence-corrected chi connectivity index (χ0v) is 14.7. The van der Waals surface area contributed by atoms with Gasteiger partial charge in [-0.2, -0.15) is 13.2 Å². The average molecular weight is 356 g/mol. The number of methoxy groups -OCH3 is 1. The minimum absolute atomic E-state index is 0.139. The highest BCUT2D eigenvalue weighted by atomic mass is 19.4. The van der Waals surface area contributed by atoms with Crippen molar-refractivity contribution in [2.24, 2.45) is 5.92 Å². The second-order valence-corrected chi connectivity index (χ2v) is 7.08. The van der Waals surface area contributed by atoms with Gasteiger partial charge in [-0.1, -0.05) is 25.3 Å². The number of piperazine rings is 1. The van der Waals surface area contributed by atoms with Crippen LogP contribution >= 0.6 is 0 Å². The van der Waals surface area contributed by atoms with Gasteiger partial charge < -0.3 is 10.1 Å². The van der Waals surface area contributed by atoms with Gasteiger partial charge in [0.25, 0.3) is 0 Å². The molecule has 2 fully saturated rings. The lowest BCUT2D eigenvalue weighted by molar-refractivity contribution is -0.137. The molecule has 1 aliphatic carbocycles. The molecule has 0 radical (unpaired) electrons. The number of nitrogens with one attached hydrogen (secondary N) is 1. The van der Waals surface area contributed by atoms with E-state index in [1.165, 1.54) is 32.4 Å². The number of rotatable bonds is 4. The summed E-state index contributed by atoms with van der Waals surface area (Å²) in [6.45, 7) is 3.69. The van der Waals surface area contributed by atoms with Gasteiger partial charge in [0.2, 0.25) is 0 Å². The molecule has 2 aliphatic rings. The highest BCUT2D eigenvalue weighted by molar-refractivity contribution is 5.41. The number of alkyl halides is 3. The first-order valence-corrected chi connectivity index (χ1v) is 9.20. The Kier molecular flexibility index (Phi) is 5.89. The molecule has 0 bridgehead atoms. The fraction of sp³-hybridized carbons (Fsp3) is 0.684. The Morgan fingerprint density at radius 3 is 2.40 bits per heavy atom. The van der Waals surface area contributed by atoms with E-state index in [2.05, 4.69) is 10.2 Å². The molecule has 1 saturated heterocycles. The fourth-order valence-electron chi connectivity index (χ4n) is 4.29. The molecule has 0 aromatic heterocycles. The van der Waals surface area contributed by atoms with Crippen LogP contribution in [-0.4, -0.2) is 38.2 Å². The third kappa shape index (κ3) is 4.29. The van der Waals surface area contributed by atoms with Crippen LogP contribution in [-0.2, 0) is 6.18 Å². The highest BCUT2D eigenvalue weighted by Crippen LogP contribution is 2.43. The lowest BCUT2D eigenvalue weighted by Gasteiger charge is -2.41. The van der Waals surface area contributed by atoms with Gasteiger partial charge in [-0.05, 0) is 30.9 Å². The molecule has 1 N–H and O–H groups in total. The van der Waals surface area contributed by atoms with Crippen LogP contribution in [0.2, 0.25) is 0 Å². The van der Waals surface area contributed by atoms with Crippen molar-refractivity contribution in [2.75, 3.05) is 33.3 Å². The Balaban J connectivity index is 1.96. The maximum Gasteiger partial charge on any atom is 0.416 e. The summed E-state index contributed by atoms with van der Waals surface area (Å²) in [5.74, 6) is 0.849. The standard InChI is InChI=1S/C19H27F3N2O/c1-25-17-13-15(19(20,21)22)7-8-16(17)18(14-5-3-2-4-6-14)24-11-9-23-10-12-24/h7-8,13-14,18,23H,2-6,9-12H2,1H3/t18-/m1/s1. The number of halogens is 3. The van der Waals surface area contributed by atoms with Gasteiger partial charge in [-0.25, -0.2) is 0 Å². The quantitative estimate of drug-likeness (QED) is 0.873. The van der Waals surface area contributed by atoms with Crippen molar-refractivity contribution in [3.8, 4) is 5.75 Å². The maximum atomic E-state index is 13.1. The molecule has 3 nitrogen and oxygen atoms in total. The molecule has 1 aromatic rings. The number of benzene rings is 1. The van der Waals surface area contributed by atoms with Crippen LogP contribution in [0.1, 0.15) is 49.3 Å². The molecule has 1 heterocycles. The topological polar surface area (TPSA) is 24.5 Å². The number of nitrogens with zero attached hydrogens (tertiary/aromatic N) is 1. The molecule has 1 atom stereocenters. The fourth-order valence-corrected chi connectivity index (χ4v) is 4.29. The van der Waals surface area contributed by atoms with Crippen molar-refractivity contribution >= 4 is 0 Å². The molecule has 6 heteroatoms. The van der Waals surface area contributed by atoms with Crippen LogP contribution in [0.3, 0.4) is 0 Å². The normalized spacial score (nSPS) is 21.9. The zero-order chi connectivity index (χ0) is 17.9. The summed E-state index contributed by atoms with van der Waals surface area (Å²) in [6.07, 6.45) is 1.60. The minimum Gasteiger partial charge on any atom is -0.496 e. The number of hydrogen-bond donors (Lipinski definition) is 1. The van der Waals surface area contributed by atoms with E-state index in [9.17, 15) is 13.2 Å². The van der Waals surface area contributed by atoms with Crippen LogP contribution in [0.4, 0.5) is 13.2 Å². The van der Waals surface area contributed by atoms with Gasteiger partial charge in [0.05, 0.1) is 12.7 Å². The summed E-state index contributed by atoms with van der Waals surface area (Å²) in [5, 5.41) is 3.36. The predicted molar refractivity (Wildman–Crippen MR) is 91.8 cm³/mol. The van der Waals surface area contributed by atoms with Crippen molar-refractivity contribution in [2.45, 2.75) is 44.3 Å². The monoisotopic (exact) mass is 356 g/mol. The van der Waals surface area contributed by atoms with E-state index in [0.29, 0.717) is 11.7 Å². The van der Waals surface area contributed by atoms with Crippen LogP contribution in [0.25, 0.3) is 0 Å². The van der Waals surface area contributed by atoms with Crippen molar-refractivity contribution in [1.82, 2.24) is 10.2 Å². The molecular formula is C19H27F3N2O. The van der Waals surface area contributed by atoms with Gasteiger partial charge >= 0.3 is 6.18 Å². The van der Waals surface area contributed by atoms with Crippen LogP contribution < -0.4 is 10.1 Å². The zero-order valence-electron chi connectivity index (χ0n) is 14.7. The molecule has 0 unspecified atom stereocenters. The lowest BCUT2D eigenvalue weighted by atomic mass is 9.79. The number of hydrogen-bond acceptors (Lipinski definition) is 3. The van der Waals surface area contributed by atoms with Crippen LogP contribution in [0.5, 0.6) is 5.75 Å². The molecule has 1 aromatic carbocycles. The van der Waals surface area contributed by atoms with Crippen LogP contribution in [0, 0.1) is 5.92 Å². The first kappa shape index (κ1) is 18.5. The Labute approximate surface area is 147 Å². The smallest absolute Gasteiger partial charge is 0.416 e. The molecule has 140 valence electrons. The van der Waals surface area contributed by atoms with E-state index in [0.717, 1.165) is 50.7 Å². The lowest BCUT2D eigenvalue weighted by Crippen LogP contribution is -2.47. The van der Waals surface area contributed by atoms with Crippen molar-refractivity contribution < 1.29 is 17.9 Å².